The standard InChI is InChI=1S/C27H37N3O4/c1-20-16-25(31)26(24(19-33-2)30(20)18-21-8-5-4-6-9-21)27(32)29-14-12-28(13-15-29)22-10-7-11-23(17-22)34-3/h7,10-11,16-17,21H,4-6,8-9,12-15,18-19H2,1-3H3. The number of benzene rings is 1. The predicted molar refractivity (Wildman–Crippen MR) is 134 cm³/mol. The van der Waals surface area contributed by atoms with Crippen molar-refractivity contribution >= 4 is 11.6 Å². The highest BCUT2D eigenvalue weighted by molar-refractivity contribution is 5.95. The minimum absolute atomic E-state index is 0.181. The molecule has 0 bridgehead atoms. The van der Waals surface area contributed by atoms with Crippen LogP contribution >= 0.6 is 0 Å². The number of amides is 1. The maximum absolute atomic E-state index is 13.6. The molecule has 1 amide bonds. The summed E-state index contributed by atoms with van der Waals surface area (Å²) in [4.78, 5) is 30.8. The molecule has 1 saturated carbocycles. The molecule has 4 rings (SSSR count). The summed E-state index contributed by atoms with van der Waals surface area (Å²) in [5.74, 6) is 1.22. The highest BCUT2D eigenvalue weighted by atomic mass is 16.5. The molecule has 0 N–H and O–H groups in total. The van der Waals surface area contributed by atoms with Gasteiger partial charge in [0.2, 0.25) is 0 Å². The highest BCUT2D eigenvalue weighted by Gasteiger charge is 2.28. The van der Waals surface area contributed by atoms with Crippen molar-refractivity contribution in [3.8, 4) is 5.75 Å². The zero-order chi connectivity index (χ0) is 24.1. The second-order valence-electron chi connectivity index (χ2n) is 9.50. The van der Waals surface area contributed by atoms with Crippen LogP contribution in [0.5, 0.6) is 5.75 Å². The minimum Gasteiger partial charge on any atom is -0.497 e. The summed E-state index contributed by atoms with van der Waals surface area (Å²) in [6.07, 6.45) is 6.22. The van der Waals surface area contributed by atoms with Crippen LogP contribution in [0, 0.1) is 12.8 Å². The zero-order valence-corrected chi connectivity index (χ0v) is 20.7. The molecule has 7 nitrogen and oxygen atoms in total. The molecule has 2 aliphatic rings. The molecule has 1 aliphatic carbocycles. The van der Waals surface area contributed by atoms with Crippen molar-refractivity contribution in [1.82, 2.24) is 9.47 Å². The van der Waals surface area contributed by atoms with Crippen LogP contribution in [-0.2, 0) is 17.9 Å². The number of hydrogen-bond donors (Lipinski definition) is 0. The van der Waals surface area contributed by atoms with E-state index in [0.717, 1.165) is 29.4 Å². The van der Waals surface area contributed by atoms with Gasteiger partial charge in [0.05, 0.1) is 19.4 Å². The molecule has 7 heteroatoms. The van der Waals surface area contributed by atoms with Gasteiger partial charge in [-0.1, -0.05) is 25.3 Å². The molecule has 2 fully saturated rings. The van der Waals surface area contributed by atoms with Crippen molar-refractivity contribution in [1.29, 1.82) is 0 Å². The lowest BCUT2D eigenvalue weighted by atomic mass is 9.89. The maximum Gasteiger partial charge on any atom is 0.259 e. The summed E-state index contributed by atoms with van der Waals surface area (Å²) >= 11 is 0. The summed E-state index contributed by atoms with van der Waals surface area (Å²) < 4.78 is 13.0. The van der Waals surface area contributed by atoms with Crippen molar-refractivity contribution in [3.63, 3.8) is 0 Å². The first-order valence-corrected chi connectivity index (χ1v) is 12.4. The van der Waals surface area contributed by atoms with E-state index in [-0.39, 0.29) is 23.5 Å². The van der Waals surface area contributed by atoms with Crippen LogP contribution in [0.1, 0.15) is 53.8 Å². The molecule has 1 saturated heterocycles. The van der Waals surface area contributed by atoms with Gasteiger partial charge in [0, 0.05) is 63.3 Å². The lowest BCUT2D eigenvalue weighted by Crippen LogP contribution is -2.50. The average Bonchev–Trinajstić information content (AvgIpc) is 2.87. The largest absolute Gasteiger partial charge is 0.497 e. The van der Waals surface area contributed by atoms with Crippen molar-refractivity contribution < 1.29 is 14.3 Å². The highest BCUT2D eigenvalue weighted by Crippen LogP contribution is 2.27. The Morgan fingerprint density at radius 3 is 2.44 bits per heavy atom. The molecule has 0 atom stereocenters. The van der Waals surface area contributed by atoms with E-state index >= 15 is 0 Å². The Balaban J connectivity index is 1.55. The number of aryl methyl sites for hydroxylation is 1. The van der Waals surface area contributed by atoms with Gasteiger partial charge in [-0.25, -0.2) is 0 Å². The van der Waals surface area contributed by atoms with Crippen LogP contribution < -0.4 is 15.1 Å². The molecule has 2 heterocycles. The Labute approximate surface area is 202 Å². The number of carbonyl (C=O) groups excluding carboxylic acids is 1. The Morgan fingerprint density at radius 1 is 1.03 bits per heavy atom. The van der Waals surface area contributed by atoms with Gasteiger partial charge in [-0.2, -0.15) is 0 Å². The first-order chi connectivity index (χ1) is 16.5. The number of rotatable bonds is 7. The number of methoxy groups -OCH3 is 2. The lowest BCUT2D eigenvalue weighted by molar-refractivity contribution is 0.0737. The monoisotopic (exact) mass is 467 g/mol. The van der Waals surface area contributed by atoms with Gasteiger partial charge in [0.15, 0.2) is 5.43 Å². The van der Waals surface area contributed by atoms with E-state index in [0.29, 0.717) is 32.1 Å². The average molecular weight is 468 g/mol. The molecule has 2 aromatic rings. The summed E-state index contributed by atoms with van der Waals surface area (Å²) in [5.41, 5.74) is 2.78. The van der Waals surface area contributed by atoms with Gasteiger partial charge in [0.1, 0.15) is 11.3 Å². The van der Waals surface area contributed by atoms with E-state index < -0.39 is 0 Å². The molecule has 34 heavy (non-hydrogen) atoms. The minimum atomic E-state index is -0.204. The van der Waals surface area contributed by atoms with Crippen LogP contribution in [0.2, 0.25) is 0 Å². The molecular weight excluding hydrogens is 430 g/mol. The fourth-order valence-corrected chi connectivity index (χ4v) is 5.36. The number of carbonyl (C=O) groups is 1. The van der Waals surface area contributed by atoms with Crippen molar-refractivity contribution in [3.05, 3.63) is 57.5 Å². The van der Waals surface area contributed by atoms with Gasteiger partial charge < -0.3 is 23.8 Å². The van der Waals surface area contributed by atoms with Crippen molar-refractivity contribution in [2.24, 2.45) is 5.92 Å². The van der Waals surface area contributed by atoms with Crippen molar-refractivity contribution in [2.75, 3.05) is 45.3 Å². The van der Waals surface area contributed by atoms with Gasteiger partial charge in [-0.05, 0) is 37.8 Å². The molecule has 1 aromatic carbocycles. The van der Waals surface area contributed by atoms with Gasteiger partial charge in [-0.3, -0.25) is 9.59 Å². The summed E-state index contributed by atoms with van der Waals surface area (Å²) in [6, 6.07) is 9.60. The third kappa shape index (κ3) is 5.30. The van der Waals surface area contributed by atoms with E-state index in [1.165, 1.54) is 32.1 Å². The lowest BCUT2D eigenvalue weighted by Gasteiger charge is -2.36. The number of piperazine rings is 1. The second kappa shape index (κ2) is 11.1. The summed E-state index contributed by atoms with van der Waals surface area (Å²) in [7, 11) is 3.29. The third-order valence-corrected chi connectivity index (χ3v) is 7.27. The number of ether oxygens (including phenoxy) is 2. The second-order valence-corrected chi connectivity index (χ2v) is 9.50. The number of anilines is 1. The van der Waals surface area contributed by atoms with E-state index in [4.69, 9.17) is 9.47 Å². The number of nitrogens with zero attached hydrogens (tertiary/aromatic N) is 3. The zero-order valence-electron chi connectivity index (χ0n) is 20.7. The first kappa shape index (κ1) is 24.3. The Kier molecular flexibility index (Phi) is 7.93. The first-order valence-electron chi connectivity index (χ1n) is 12.4. The number of aromatic nitrogens is 1. The van der Waals surface area contributed by atoms with Crippen LogP contribution in [0.4, 0.5) is 5.69 Å². The Bertz CT molecular complexity index is 1050. The maximum atomic E-state index is 13.6. The normalized spacial score (nSPS) is 17.1. The fourth-order valence-electron chi connectivity index (χ4n) is 5.36. The van der Waals surface area contributed by atoms with E-state index in [9.17, 15) is 9.59 Å². The molecule has 0 unspecified atom stereocenters. The number of hydrogen-bond acceptors (Lipinski definition) is 5. The summed E-state index contributed by atoms with van der Waals surface area (Å²) in [6.45, 7) is 5.62. The Morgan fingerprint density at radius 2 is 1.76 bits per heavy atom. The van der Waals surface area contributed by atoms with Crippen LogP contribution in [0.3, 0.4) is 0 Å². The van der Waals surface area contributed by atoms with E-state index in [1.807, 2.05) is 30.0 Å². The van der Waals surface area contributed by atoms with Gasteiger partial charge in [-0.15, -0.1) is 0 Å². The van der Waals surface area contributed by atoms with Crippen LogP contribution in [0.25, 0.3) is 0 Å². The smallest absolute Gasteiger partial charge is 0.259 e. The van der Waals surface area contributed by atoms with E-state index in [2.05, 4.69) is 15.5 Å². The molecule has 1 aliphatic heterocycles. The third-order valence-electron chi connectivity index (χ3n) is 7.27. The van der Waals surface area contributed by atoms with Gasteiger partial charge >= 0.3 is 0 Å². The predicted octanol–water partition coefficient (Wildman–Crippen LogP) is 3.85. The Hall–Kier alpha value is -2.80. The molecule has 0 spiro atoms. The van der Waals surface area contributed by atoms with Crippen molar-refractivity contribution in [2.45, 2.75) is 52.2 Å². The molecule has 1 aromatic heterocycles. The van der Waals surface area contributed by atoms with Crippen LogP contribution in [0.15, 0.2) is 35.1 Å². The quantitative estimate of drug-likeness (QED) is 0.619. The molecular formula is C27H37N3O4. The van der Waals surface area contributed by atoms with Crippen LogP contribution in [-0.4, -0.2) is 55.8 Å². The topological polar surface area (TPSA) is 64.0 Å². The summed E-state index contributed by atoms with van der Waals surface area (Å²) in [5, 5.41) is 0. The van der Waals surface area contributed by atoms with E-state index in [1.54, 1.807) is 20.3 Å². The SMILES string of the molecule is COCc1c(C(=O)N2CCN(c3cccc(OC)c3)CC2)c(=O)cc(C)n1CC1CCCCC1. The van der Waals surface area contributed by atoms with Gasteiger partial charge in [0.25, 0.3) is 5.91 Å². The molecule has 0 radical (unpaired) electrons. The number of pyridine rings is 1. The molecule has 184 valence electrons. The fraction of sp³-hybridized carbons (Fsp3) is 0.556.